The van der Waals surface area contributed by atoms with Crippen molar-refractivity contribution in [2.75, 3.05) is 12.4 Å². The zero-order valence-electron chi connectivity index (χ0n) is 14.8. The van der Waals surface area contributed by atoms with Gasteiger partial charge in [0, 0.05) is 5.70 Å². The number of carbonyl (C=O) groups is 1. The number of esters is 1. The number of nitrogens with zero attached hydrogens (tertiary/aromatic N) is 3. The van der Waals surface area contributed by atoms with Crippen LogP contribution in [0, 0.1) is 0 Å². The van der Waals surface area contributed by atoms with E-state index in [1.165, 1.54) is 13.4 Å². The standard InChI is InChI=1S/C17H19BrN4O4/c1-8(2)26-16(24)13-9(3)21-17-19-7-20-22(17)14(13)10-5-11(18)15(23)12(6-10)25-4/h5-8,14,23H,1-4H3,(H,19,20,21)/t14-/m1/s1. The smallest absolute Gasteiger partial charge is 0.338 e. The number of nitrogens with one attached hydrogen (secondary N) is 1. The molecule has 1 aliphatic rings. The number of ether oxygens (including phenoxy) is 2. The van der Waals surface area contributed by atoms with Crippen molar-refractivity contribution in [3.8, 4) is 11.5 Å². The highest BCUT2D eigenvalue weighted by molar-refractivity contribution is 9.10. The summed E-state index contributed by atoms with van der Waals surface area (Å²) in [6, 6.07) is 2.80. The number of aromatic nitrogens is 3. The Morgan fingerprint density at radius 1 is 1.42 bits per heavy atom. The number of halogens is 1. The van der Waals surface area contributed by atoms with Gasteiger partial charge in [0.15, 0.2) is 11.5 Å². The summed E-state index contributed by atoms with van der Waals surface area (Å²) in [5.74, 6) is 0.330. The molecule has 0 amide bonds. The van der Waals surface area contributed by atoms with E-state index in [-0.39, 0.29) is 17.6 Å². The van der Waals surface area contributed by atoms with Crippen LogP contribution in [0.4, 0.5) is 5.95 Å². The second kappa shape index (κ2) is 6.99. The number of hydrogen-bond donors (Lipinski definition) is 2. The molecule has 0 saturated heterocycles. The number of rotatable bonds is 4. The average Bonchev–Trinajstić information content (AvgIpc) is 3.03. The van der Waals surface area contributed by atoms with Gasteiger partial charge in [0.05, 0.1) is 23.3 Å². The molecular formula is C17H19BrN4O4. The predicted molar refractivity (Wildman–Crippen MR) is 98.1 cm³/mol. The van der Waals surface area contributed by atoms with Crippen molar-refractivity contribution in [3.63, 3.8) is 0 Å². The Morgan fingerprint density at radius 2 is 2.15 bits per heavy atom. The third-order valence-electron chi connectivity index (χ3n) is 3.94. The molecule has 2 heterocycles. The lowest BCUT2D eigenvalue weighted by molar-refractivity contribution is -0.143. The minimum Gasteiger partial charge on any atom is -0.503 e. The summed E-state index contributed by atoms with van der Waals surface area (Å²) >= 11 is 3.32. The third-order valence-corrected chi connectivity index (χ3v) is 4.55. The maximum absolute atomic E-state index is 12.8. The molecule has 1 aliphatic heterocycles. The zero-order chi connectivity index (χ0) is 19.0. The fraction of sp³-hybridized carbons (Fsp3) is 0.353. The molecule has 8 nitrogen and oxygen atoms in total. The topological polar surface area (TPSA) is 98.5 Å². The van der Waals surface area contributed by atoms with Gasteiger partial charge in [-0.15, -0.1) is 0 Å². The Bertz CT molecular complexity index is 891. The van der Waals surface area contributed by atoms with Crippen LogP contribution >= 0.6 is 15.9 Å². The number of benzene rings is 1. The van der Waals surface area contributed by atoms with E-state index >= 15 is 0 Å². The molecule has 9 heteroatoms. The van der Waals surface area contributed by atoms with E-state index in [9.17, 15) is 9.90 Å². The average molecular weight is 423 g/mol. The Morgan fingerprint density at radius 3 is 2.81 bits per heavy atom. The first-order valence-electron chi connectivity index (χ1n) is 7.98. The molecule has 1 aromatic carbocycles. The van der Waals surface area contributed by atoms with Gasteiger partial charge >= 0.3 is 5.97 Å². The summed E-state index contributed by atoms with van der Waals surface area (Å²) in [6.45, 7) is 5.37. The van der Waals surface area contributed by atoms with E-state index in [1.807, 2.05) is 0 Å². The summed E-state index contributed by atoms with van der Waals surface area (Å²) in [7, 11) is 1.46. The van der Waals surface area contributed by atoms with Crippen LogP contribution in [0.1, 0.15) is 32.4 Å². The summed E-state index contributed by atoms with van der Waals surface area (Å²) in [5, 5.41) is 17.4. The van der Waals surface area contributed by atoms with Gasteiger partial charge in [-0.3, -0.25) is 0 Å². The number of phenolic OH excluding ortho intramolecular Hbond substituents is 1. The molecule has 1 aromatic heterocycles. The lowest BCUT2D eigenvalue weighted by Gasteiger charge is -2.29. The van der Waals surface area contributed by atoms with Crippen molar-refractivity contribution < 1.29 is 19.4 Å². The summed E-state index contributed by atoms with van der Waals surface area (Å²) in [5.41, 5.74) is 1.73. The summed E-state index contributed by atoms with van der Waals surface area (Å²) < 4.78 is 12.7. The summed E-state index contributed by atoms with van der Waals surface area (Å²) in [6.07, 6.45) is 1.15. The molecule has 0 saturated carbocycles. The fourth-order valence-corrected chi connectivity index (χ4v) is 3.31. The second-order valence-corrected chi connectivity index (χ2v) is 6.96. The SMILES string of the molecule is COc1cc([C@@H]2C(C(=O)OC(C)C)=C(C)Nc3ncnn32)cc(Br)c1O. The Hall–Kier alpha value is -2.55. The van der Waals surface area contributed by atoms with E-state index in [2.05, 4.69) is 31.3 Å². The fourth-order valence-electron chi connectivity index (χ4n) is 2.85. The minimum absolute atomic E-state index is 0.0176. The number of allylic oxidation sites excluding steroid dienone is 1. The van der Waals surface area contributed by atoms with Gasteiger partial charge < -0.3 is 19.9 Å². The quantitative estimate of drug-likeness (QED) is 0.730. The van der Waals surface area contributed by atoms with Crippen molar-refractivity contribution >= 4 is 27.8 Å². The Kier molecular flexibility index (Phi) is 4.90. The number of anilines is 1. The number of carbonyl (C=O) groups excluding carboxylic acids is 1. The van der Waals surface area contributed by atoms with E-state index in [4.69, 9.17) is 9.47 Å². The number of methoxy groups -OCH3 is 1. The van der Waals surface area contributed by atoms with Crippen LogP contribution in [-0.4, -0.2) is 39.1 Å². The van der Waals surface area contributed by atoms with Crippen molar-refractivity contribution in [1.29, 1.82) is 0 Å². The van der Waals surface area contributed by atoms with Crippen LogP contribution in [0.25, 0.3) is 0 Å². The molecule has 0 spiro atoms. The highest BCUT2D eigenvalue weighted by atomic mass is 79.9. The number of hydrogen-bond acceptors (Lipinski definition) is 7. The number of aromatic hydroxyl groups is 1. The van der Waals surface area contributed by atoms with Crippen LogP contribution in [0.2, 0.25) is 0 Å². The van der Waals surface area contributed by atoms with Gasteiger partial charge in [0.25, 0.3) is 0 Å². The minimum atomic E-state index is -0.578. The monoisotopic (exact) mass is 422 g/mol. The van der Waals surface area contributed by atoms with Crippen molar-refractivity contribution in [2.24, 2.45) is 0 Å². The summed E-state index contributed by atoms with van der Waals surface area (Å²) in [4.78, 5) is 16.9. The van der Waals surface area contributed by atoms with Crippen LogP contribution < -0.4 is 10.1 Å². The van der Waals surface area contributed by atoms with Crippen LogP contribution in [-0.2, 0) is 9.53 Å². The first kappa shape index (κ1) is 18.2. The van der Waals surface area contributed by atoms with Gasteiger partial charge in [-0.2, -0.15) is 10.1 Å². The van der Waals surface area contributed by atoms with Crippen LogP contribution in [0.3, 0.4) is 0 Å². The second-order valence-electron chi connectivity index (χ2n) is 6.10. The van der Waals surface area contributed by atoms with Crippen molar-refractivity contribution in [3.05, 3.63) is 39.8 Å². The largest absolute Gasteiger partial charge is 0.503 e. The van der Waals surface area contributed by atoms with E-state index in [1.54, 1.807) is 37.6 Å². The molecule has 0 radical (unpaired) electrons. The number of phenols is 1. The maximum Gasteiger partial charge on any atom is 0.338 e. The first-order valence-corrected chi connectivity index (χ1v) is 8.77. The van der Waals surface area contributed by atoms with Gasteiger partial charge in [0.1, 0.15) is 12.4 Å². The molecule has 0 aliphatic carbocycles. The van der Waals surface area contributed by atoms with Gasteiger partial charge in [-0.05, 0) is 54.4 Å². The molecule has 2 aromatic rings. The van der Waals surface area contributed by atoms with Crippen molar-refractivity contribution in [2.45, 2.75) is 32.9 Å². The lowest BCUT2D eigenvalue weighted by atomic mass is 9.95. The van der Waals surface area contributed by atoms with E-state index < -0.39 is 12.0 Å². The first-order chi connectivity index (χ1) is 12.3. The van der Waals surface area contributed by atoms with Gasteiger partial charge in [-0.25, -0.2) is 9.48 Å². The van der Waals surface area contributed by atoms with Crippen LogP contribution in [0.5, 0.6) is 11.5 Å². The molecule has 0 unspecified atom stereocenters. The molecule has 0 fully saturated rings. The highest BCUT2D eigenvalue weighted by Crippen LogP contribution is 2.42. The maximum atomic E-state index is 12.8. The molecule has 1 atom stereocenters. The van der Waals surface area contributed by atoms with Gasteiger partial charge in [0.2, 0.25) is 5.95 Å². The van der Waals surface area contributed by atoms with E-state index in [0.29, 0.717) is 27.3 Å². The molecule has 0 bridgehead atoms. The van der Waals surface area contributed by atoms with Gasteiger partial charge in [-0.1, -0.05) is 0 Å². The molecule has 2 N–H and O–H groups in total. The number of fused-ring (bicyclic) bond motifs is 1. The predicted octanol–water partition coefficient (Wildman–Crippen LogP) is 3.00. The zero-order valence-corrected chi connectivity index (χ0v) is 16.4. The molecule has 26 heavy (non-hydrogen) atoms. The molecule has 3 rings (SSSR count). The van der Waals surface area contributed by atoms with Crippen molar-refractivity contribution in [1.82, 2.24) is 14.8 Å². The van der Waals surface area contributed by atoms with Crippen LogP contribution in [0.15, 0.2) is 34.2 Å². The Labute approximate surface area is 159 Å². The highest BCUT2D eigenvalue weighted by Gasteiger charge is 2.35. The van der Waals surface area contributed by atoms with E-state index in [0.717, 1.165) is 0 Å². The third kappa shape index (κ3) is 3.14. The molecular weight excluding hydrogens is 404 g/mol. The normalized spacial score (nSPS) is 16.3. The lowest BCUT2D eigenvalue weighted by Crippen LogP contribution is -2.30. The Balaban J connectivity index is 2.18. The molecule has 138 valence electrons.